The third kappa shape index (κ3) is 5.60. The summed E-state index contributed by atoms with van der Waals surface area (Å²) in [7, 11) is 0. The second-order valence-electron chi connectivity index (χ2n) is 11.4. The maximum absolute atomic E-state index is 12.4. The minimum absolute atomic E-state index is 0.180. The number of likely N-dealkylation sites (tertiary alicyclic amines) is 1. The van der Waals surface area contributed by atoms with Crippen molar-refractivity contribution >= 4 is 22.7 Å². The lowest BCUT2D eigenvalue weighted by atomic mass is 10.0. The smallest absolute Gasteiger partial charge is 0.243 e. The minimum atomic E-state index is -0.258. The molecular formula is C32H34N6O4. The molecule has 10 heteroatoms. The van der Waals surface area contributed by atoms with Gasteiger partial charge in [-0.15, -0.1) is 0 Å². The number of aromatic amines is 1. The van der Waals surface area contributed by atoms with Crippen LogP contribution in [0.5, 0.6) is 17.2 Å². The molecule has 216 valence electrons. The summed E-state index contributed by atoms with van der Waals surface area (Å²) in [5, 5.41) is 11.4. The molecule has 3 aliphatic rings. The van der Waals surface area contributed by atoms with Gasteiger partial charge in [-0.05, 0) is 79.4 Å². The number of fused-ring (bicyclic) bond motifs is 2. The Hall–Kier alpha value is -4.28. The van der Waals surface area contributed by atoms with Crippen molar-refractivity contribution in [1.82, 2.24) is 30.3 Å². The summed E-state index contributed by atoms with van der Waals surface area (Å²) in [5.41, 5.74) is 4.38. The molecule has 2 aromatic carbocycles. The van der Waals surface area contributed by atoms with Crippen LogP contribution in [0.2, 0.25) is 0 Å². The molecule has 5 heterocycles. The van der Waals surface area contributed by atoms with Gasteiger partial charge in [0, 0.05) is 43.7 Å². The van der Waals surface area contributed by atoms with E-state index in [1.165, 1.54) is 17.5 Å². The fraction of sp³-hybridized carbons (Fsp3) is 0.375. The first-order chi connectivity index (χ1) is 20.6. The number of nitrogens with one attached hydrogen (secondary N) is 2. The van der Waals surface area contributed by atoms with Gasteiger partial charge >= 0.3 is 0 Å². The monoisotopic (exact) mass is 566 g/mol. The molecule has 2 N–H and O–H groups in total. The summed E-state index contributed by atoms with van der Waals surface area (Å²) in [4.78, 5) is 32.7. The van der Waals surface area contributed by atoms with Crippen molar-refractivity contribution in [3.8, 4) is 17.2 Å². The summed E-state index contributed by atoms with van der Waals surface area (Å²) in [6.45, 7) is 3.74. The normalized spacial score (nSPS) is 21.3. The van der Waals surface area contributed by atoms with Gasteiger partial charge in [0.2, 0.25) is 11.8 Å². The molecule has 2 fully saturated rings. The number of pyridine rings is 1. The first-order valence-electron chi connectivity index (χ1n) is 14.7. The maximum atomic E-state index is 12.4. The molecule has 0 saturated carbocycles. The lowest BCUT2D eigenvalue weighted by molar-refractivity contribution is -0.137. The lowest BCUT2D eigenvalue weighted by Gasteiger charge is -2.35. The number of imide groups is 1. The van der Waals surface area contributed by atoms with Crippen LogP contribution >= 0.6 is 0 Å². The molecule has 0 spiro atoms. The third-order valence-corrected chi connectivity index (χ3v) is 8.60. The Morgan fingerprint density at radius 1 is 0.952 bits per heavy atom. The number of hydrogen-bond donors (Lipinski definition) is 2. The van der Waals surface area contributed by atoms with Crippen LogP contribution in [0.15, 0.2) is 60.9 Å². The van der Waals surface area contributed by atoms with Gasteiger partial charge in [-0.3, -0.25) is 34.8 Å². The van der Waals surface area contributed by atoms with Gasteiger partial charge in [0.1, 0.15) is 23.9 Å². The van der Waals surface area contributed by atoms with Gasteiger partial charge in [0.25, 0.3) is 0 Å². The van der Waals surface area contributed by atoms with Crippen LogP contribution in [0.4, 0.5) is 0 Å². The van der Waals surface area contributed by atoms with Crippen LogP contribution in [-0.4, -0.2) is 62.0 Å². The highest BCUT2D eigenvalue weighted by Crippen LogP contribution is 2.31. The average Bonchev–Trinajstić information content (AvgIpc) is 3.61. The lowest BCUT2D eigenvalue weighted by Crippen LogP contribution is -2.50. The van der Waals surface area contributed by atoms with Crippen molar-refractivity contribution in [3.63, 3.8) is 0 Å². The van der Waals surface area contributed by atoms with Crippen LogP contribution in [0.3, 0.4) is 0 Å². The van der Waals surface area contributed by atoms with E-state index in [0.29, 0.717) is 38.3 Å². The summed E-state index contributed by atoms with van der Waals surface area (Å²) in [5.74, 6) is 1.94. The van der Waals surface area contributed by atoms with Crippen LogP contribution in [0, 0.1) is 0 Å². The van der Waals surface area contributed by atoms with E-state index in [1.54, 1.807) is 12.4 Å². The first kappa shape index (κ1) is 26.6. The van der Waals surface area contributed by atoms with Gasteiger partial charge in [-0.2, -0.15) is 5.10 Å². The highest BCUT2D eigenvalue weighted by atomic mass is 16.5. The molecule has 2 saturated heterocycles. The molecule has 7 rings (SSSR count). The van der Waals surface area contributed by atoms with Crippen molar-refractivity contribution in [2.75, 3.05) is 13.2 Å². The zero-order valence-electron chi connectivity index (χ0n) is 23.4. The Morgan fingerprint density at radius 2 is 1.86 bits per heavy atom. The molecule has 0 bridgehead atoms. The van der Waals surface area contributed by atoms with Gasteiger partial charge in [-0.25, -0.2) is 0 Å². The summed E-state index contributed by atoms with van der Waals surface area (Å²) in [6.07, 6.45) is 7.81. The van der Waals surface area contributed by atoms with Crippen molar-refractivity contribution in [2.45, 2.75) is 63.8 Å². The first-order valence-corrected chi connectivity index (χ1v) is 14.7. The van der Waals surface area contributed by atoms with E-state index < -0.39 is 0 Å². The summed E-state index contributed by atoms with van der Waals surface area (Å²) >= 11 is 0. The summed E-state index contributed by atoms with van der Waals surface area (Å²) in [6, 6.07) is 16.0. The number of carbonyl (C=O) groups excluding carboxylic acids is 2. The highest BCUT2D eigenvalue weighted by Gasteiger charge is 2.35. The number of rotatable bonds is 8. The third-order valence-electron chi connectivity index (χ3n) is 8.60. The standard InChI is InChI=1S/C32H34N6O4/c39-31-11-10-30(32(40)34-31)38-17-21-6-7-24(14-22(21)18-38)41-20-23-4-1-2-13-37(23)19-29-27-15-25(8-9-28(27)35-36-29)42-26-5-3-12-33-16-26/h3,5-9,12,14-16,23,30H,1-2,4,10-11,13,17-20H2,(H,35,36)(H,34,39,40)/t23-,30?/m0/s1. The summed E-state index contributed by atoms with van der Waals surface area (Å²) < 4.78 is 12.4. The highest BCUT2D eigenvalue weighted by molar-refractivity contribution is 6.00. The minimum Gasteiger partial charge on any atom is -0.492 e. The van der Waals surface area contributed by atoms with Crippen molar-refractivity contribution in [3.05, 3.63) is 77.7 Å². The number of H-pyrrole nitrogens is 1. The van der Waals surface area contributed by atoms with Crippen molar-refractivity contribution in [2.24, 2.45) is 0 Å². The molecule has 3 aliphatic heterocycles. The molecule has 42 heavy (non-hydrogen) atoms. The number of aromatic nitrogens is 3. The number of piperidine rings is 2. The maximum Gasteiger partial charge on any atom is 0.243 e. The number of hydrogen-bond acceptors (Lipinski definition) is 8. The van der Waals surface area contributed by atoms with Crippen molar-refractivity contribution in [1.29, 1.82) is 0 Å². The molecule has 1 unspecified atom stereocenters. The number of benzene rings is 2. The molecule has 4 aromatic rings. The van der Waals surface area contributed by atoms with Gasteiger partial charge < -0.3 is 9.47 Å². The van der Waals surface area contributed by atoms with Gasteiger partial charge in [0.15, 0.2) is 0 Å². The van der Waals surface area contributed by atoms with E-state index in [4.69, 9.17) is 9.47 Å². The Labute approximate surface area is 244 Å². The molecule has 10 nitrogen and oxygen atoms in total. The Bertz CT molecular complexity index is 1610. The van der Waals surface area contributed by atoms with Crippen LogP contribution in [0.1, 0.15) is 48.9 Å². The fourth-order valence-corrected chi connectivity index (χ4v) is 6.35. The molecule has 2 aromatic heterocycles. The SMILES string of the molecule is O=C1CCC(N2Cc3ccc(OC[C@@H]4CCCCN4Cc4n[nH]c5ccc(Oc6cccnc6)cc45)cc3C2)C(=O)N1. The second kappa shape index (κ2) is 11.5. The molecule has 0 aliphatic carbocycles. The largest absolute Gasteiger partial charge is 0.492 e. The number of amides is 2. The van der Waals surface area contributed by atoms with Gasteiger partial charge in [0.05, 0.1) is 23.4 Å². The Morgan fingerprint density at radius 3 is 2.74 bits per heavy atom. The Kier molecular flexibility index (Phi) is 7.31. The zero-order chi connectivity index (χ0) is 28.5. The van der Waals surface area contributed by atoms with Crippen molar-refractivity contribution < 1.29 is 19.1 Å². The molecule has 2 atom stereocenters. The second-order valence-corrected chi connectivity index (χ2v) is 11.4. The number of ether oxygens (including phenoxy) is 2. The van der Waals surface area contributed by atoms with E-state index in [1.807, 2.05) is 36.4 Å². The Balaban J connectivity index is 0.999. The van der Waals surface area contributed by atoms with Crippen LogP contribution in [0.25, 0.3) is 10.9 Å². The van der Waals surface area contributed by atoms with Gasteiger partial charge in [-0.1, -0.05) is 12.5 Å². The van der Waals surface area contributed by atoms with E-state index in [2.05, 4.69) is 42.4 Å². The quantitative estimate of drug-likeness (QED) is 0.304. The van der Waals surface area contributed by atoms with E-state index in [-0.39, 0.29) is 23.9 Å². The van der Waals surface area contributed by atoms with Crippen LogP contribution in [-0.2, 0) is 29.2 Å². The molecule has 2 amide bonds. The average molecular weight is 567 g/mol. The predicted molar refractivity (Wildman–Crippen MR) is 156 cm³/mol. The molecule has 0 radical (unpaired) electrons. The topological polar surface area (TPSA) is 113 Å². The van der Waals surface area contributed by atoms with E-state index >= 15 is 0 Å². The molecular weight excluding hydrogens is 532 g/mol. The zero-order valence-corrected chi connectivity index (χ0v) is 23.4. The number of carbonyl (C=O) groups is 2. The van der Waals surface area contributed by atoms with Crippen LogP contribution < -0.4 is 14.8 Å². The van der Waals surface area contributed by atoms with E-state index in [9.17, 15) is 9.59 Å². The predicted octanol–water partition coefficient (Wildman–Crippen LogP) is 4.30. The van der Waals surface area contributed by atoms with E-state index in [0.717, 1.165) is 54.0 Å². The number of nitrogens with zero attached hydrogens (tertiary/aromatic N) is 4. The fourth-order valence-electron chi connectivity index (χ4n) is 6.35.